The molecule has 2 amide bonds. The fourth-order valence-electron chi connectivity index (χ4n) is 3.06. The van der Waals surface area contributed by atoms with Crippen molar-refractivity contribution in [2.45, 2.75) is 36.8 Å². The Bertz CT molecular complexity index is 774. The minimum absolute atomic E-state index is 0.0901. The van der Waals surface area contributed by atoms with E-state index in [0.717, 1.165) is 35.7 Å². The molecule has 1 aliphatic heterocycles. The summed E-state index contributed by atoms with van der Waals surface area (Å²) in [6.07, 6.45) is 2.04. The van der Waals surface area contributed by atoms with Gasteiger partial charge < -0.3 is 10.2 Å². The van der Waals surface area contributed by atoms with Crippen LogP contribution < -0.4 is 10.2 Å². The molecule has 0 saturated carbocycles. The summed E-state index contributed by atoms with van der Waals surface area (Å²) in [6.45, 7) is 4.22. The van der Waals surface area contributed by atoms with Crippen LogP contribution in [0.2, 0.25) is 0 Å². The van der Waals surface area contributed by atoms with Gasteiger partial charge in [-0.1, -0.05) is 18.2 Å². The number of rotatable bonds is 4. The van der Waals surface area contributed by atoms with Gasteiger partial charge in [0.2, 0.25) is 11.8 Å². The Hall–Kier alpha value is -2.27. The minimum Gasteiger partial charge on any atom is -0.326 e. The number of carbonyl (C=O) groups is 2. The molecule has 0 radical (unpaired) electrons. The van der Waals surface area contributed by atoms with E-state index in [4.69, 9.17) is 0 Å². The molecule has 0 aliphatic carbocycles. The number of amides is 2. The first-order valence-electron chi connectivity index (χ1n) is 8.48. The highest BCUT2D eigenvalue weighted by molar-refractivity contribution is 8.00. The molecule has 0 bridgehead atoms. The van der Waals surface area contributed by atoms with Gasteiger partial charge in [0.25, 0.3) is 0 Å². The number of nitrogens with zero attached hydrogens (tertiary/aromatic N) is 1. The second-order valence-electron chi connectivity index (χ2n) is 6.19. The topological polar surface area (TPSA) is 49.4 Å². The Kier molecular flexibility index (Phi) is 5.43. The van der Waals surface area contributed by atoms with Gasteiger partial charge in [-0.25, -0.2) is 0 Å². The smallest absolute Gasteiger partial charge is 0.240 e. The number of hydrogen-bond acceptors (Lipinski definition) is 3. The number of nitrogens with one attached hydrogen (secondary N) is 1. The Labute approximate surface area is 152 Å². The quantitative estimate of drug-likeness (QED) is 0.841. The van der Waals surface area contributed by atoms with Gasteiger partial charge in [-0.3, -0.25) is 9.59 Å². The molecular weight excluding hydrogens is 332 g/mol. The lowest BCUT2D eigenvalue weighted by molar-refractivity contribution is -0.118. The van der Waals surface area contributed by atoms with Gasteiger partial charge in [-0.15, -0.1) is 11.8 Å². The first-order chi connectivity index (χ1) is 12.0. The molecule has 0 saturated heterocycles. The number of anilines is 2. The average Bonchev–Trinajstić information content (AvgIpc) is 2.62. The zero-order valence-electron chi connectivity index (χ0n) is 14.5. The van der Waals surface area contributed by atoms with Crippen molar-refractivity contribution in [1.29, 1.82) is 0 Å². The van der Waals surface area contributed by atoms with Crippen LogP contribution in [0, 0.1) is 0 Å². The molecule has 4 nitrogen and oxygen atoms in total. The van der Waals surface area contributed by atoms with E-state index in [-0.39, 0.29) is 17.1 Å². The van der Waals surface area contributed by atoms with Crippen LogP contribution in [-0.2, 0) is 16.0 Å². The number of benzene rings is 2. The number of thioether (sulfide) groups is 1. The number of carbonyl (C=O) groups excluding carboxylic acids is 2. The maximum absolute atomic E-state index is 12.9. The van der Waals surface area contributed by atoms with Crippen LogP contribution in [-0.4, -0.2) is 23.6 Å². The Morgan fingerprint density at radius 3 is 2.56 bits per heavy atom. The third-order valence-corrected chi connectivity index (χ3v) is 5.31. The molecule has 1 aliphatic rings. The molecule has 5 heteroatoms. The van der Waals surface area contributed by atoms with Gasteiger partial charge in [-0.05, 0) is 55.7 Å². The van der Waals surface area contributed by atoms with Crippen molar-refractivity contribution in [2.75, 3.05) is 16.8 Å². The maximum Gasteiger partial charge on any atom is 0.240 e. The minimum atomic E-state index is -0.169. The fraction of sp³-hybridized carbons (Fsp3) is 0.300. The molecule has 0 fully saturated rings. The zero-order chi connectivity index (χ0) is 17.8. The number of hydrogen-bond donors (Lipinski definition) is 1. The van der Waals surface area contributed by atoms with Crippen LogP contribution in [0.4, 0.5) is 11.4 Å². The Balaban J connectivity index is 1.68. The van der Waals surface area contributed by atoms with E-state index >= 15 is 0 Å². The van der Waals surface area contributed by atoms with E-state index in [1.807, 2.05) is 54.3 Å². The summed E-state index contributed by atoms with van der Waals surface area (Å²) >= 11 is 1.54. The van der Waals surface area contributed by atoms with Crippen molar-refractivity contribution in [1.82, 2.24) is 0 Å². The third-order valence-electron chi connectivity index (χ3n) is 4.21. The molecule has 3 rings (SSSR count). The molecule has 2 aromatic carbocycles. The van der Waals surface area contributed by atoms with Crippen LogP contribution in [0.25, 0.3) is 0 Å². The van der Waals surface area contributed by atoms with Crippen molar-refractivity contribution in [3.05, 3.63) is 54.1 Å². The van der Waals surface area contributed by atoms with Gasteiger partial charge in [0.1, 0.15) is 0 Å². The lowest BCUT2D eigenvalue weighted by Gasteiger charge is -2.31. The molecule has 1 heterocycles. The largest absolute Gasteiger partial charge is 0.326 e. The van der Waals surface area contributed by atoms with E-state index in [1.54, 1.807) is 11.8 Å². The summed E-state index contributed by atoms with van der Waals surface area (Å²) < 4.78 is 0. The van der Waals surface area contributed by atoms with Gasteiger partial charge in [-0.2, -0.15) is 0 Å². The van der Waals surface area contributed by atoms with Crippen LogP contribution in [0.3, 0.4) is 0 Å². The predicted molar refractivity (Wildman–Crippen MR) is 103 cm³/mol. The highest BCUT2D eigenvalue weighted by atomic mass is 32.2. The van der Waals surface area contributed by atoms with Crippen molar-refractivity contribution in [2.24, 2.45) is 0 Å². The molecule has 1 atom stereocenters. The molecule has 0 aromatic heterocycles. The van der Waals surface area contributed by atoms with E-state index in [9.17, 15) is 9.59 Å². The lowest BCUT2D eigenvalue weighted by Crippen LogP contribution is -2.40. The van der Waals surface area contributed by atoms with E-state index in [0.29, 0.717) is 0 Å². The van der Waals surface area contributed by atoms with Gasteiger partial charge in [0.15, 0.2) is 0 Å². The first kappa shape index (κ1) is 17.5. The zero-order valence-corrected chi connectivity index (χ0v) is 15.3. The SMILES string of the molecule is CC(=O)Nc1ccc(SC(C)C(=O)N2CCCc3ccccc32)cc1. The highest BCUT2D eigenvalue weighted by Crippen LogP contribution is 2.31. The van der Waals surface area contributed by atoms with Crippen molar-refractivity contribution < 1.29 is 9.59 Å². The summed E-state index contributed by atoms with van der Waals surface area (Å²) in [6, 6.07) is 15.7. The lowest BCUT2D eigenvalue weighted by atomic mass is 10.0. The maximum atomic E-state index is 12.9. The fourth-order valence-corrected chi connectivity index (χ4v) is 3.99. The van der Waals surface area contributed by atoms with Gasteiger partial charge >= 0.3 is 0 Å². The molecule has 0 spiro atoms. The van der Waals surface area contributed by atoms with Crippen LogP contribution in [0.1, 0.15) is 25.8 Å². The molecule has 25 heavy (non-hydrogen) atoms. The van der Waals surface area contributed by atoms with Crippen LogP contribution in [0.15, 0.2) is 53.4 Å². The van der Waals surface area contributed by atoms with Crippen molar-refractivity contribution in [3.63, 3.8) is 0 Å². The molecular formula is C20H22N2O2S. The number of aryl methyl sites for hydroxylation is 1. The second kappa shape index (κ2) is 7.74. The van der Waals surface area contributed by atoms with Gasteiger partial charge in [0.05, 0.1) is 5.25 Å². The van der Waals surface area contributed by atoms with E-state index < -0.39 is 0 Å². The normalized spacial score (nSPS) is 14.6. The summed E-state index contributed by atoms with van der Waals surface area (Å²) in [4.78, 5) is 26.9. The summed E-state index contributed by atoms with van der Waals surface area (Å²) in [7, 11) is 0. The predicted octanol–water partition coefficient (Wildman–Crippen LogP) is 4.11. The van der Waals surface area contributed by atoms with E-state index in [1.165, 1.54) is 12.5 Å². The average molecular weight is 354 g/mol. The molecule has 130 valence electrons. The first-order valence-corrected chi connectivity index (χ1v) is 9.36. The number of fused-ring (bicyclic) bond motifs is 1. The summed E-state index contributed by atoms with van der Waals surface area (Å²) in [5, 5.41) is 2.58. The van der Waals surface area contributed by atoms with Crippen molar-refractivity contribution >= 4 is 35.0 Å². The monoisotopic (exact) mass is 354 g/mol. The standard InChI is InChI=1S/C20H22N2O2S/c1-14(25-18-11-9-17(10-12-18)21-15(2)23)20(24)22-13-5-7-16-6-3-4-8-19(16)22/h3-4,6,8-12,14H,5,7,13H2,1-2H3,(H,21,23). The highest BCUT2D eigenvalue weighted by Gasteiger charge is 2.26. The summed E-state index contributed by atoms with van der Waals surface area (Å²) in [5.41, 5.74) is 3.06. The third kappa shape index (κ3) is 4.23. The molecule has 2 aromatic rings. The molecule has 1 N–H and O–H groups in total. The Morgan fingerprint density at radius 1 is 1.12 bits per heavy atom. The summed E-state index contributed by atoms with van der Waals surface area (Å²) in [5.74, 6) is 0.0517. The van der Waals surface area contributed by atoms with Gasteiger partial charge in [0, 0.05) is 29.7 Å². The van der Waals surface area contributed by atoms with Crippen molar-refractivity contribution in [3.8, 4) is 0 Å². The number of para-hydroxylation sites is 1. The second-order valence-corrected chi connectivity index (χ2v) is 7.60. The van der Waals surface area contributed by atoms with Crippen LogP contribution in [0.5, 0.6) is 0 Å². The molecule has 1 unspecified atom stereocenters. The Morgan fingerprint density at radius 2 is 1.84 bits per heavy atom. The van der Waals surface area contributed by atoms with E-state index in [2.05, 4.69) is 11.4 Å². The van der Waals surface area contributed by atoms with Crippen LogP contribution >= 0.6 is 11.8 Å².